The van der Waals surface area contributed by atoms with E-state index in [1.54, 1.807) is 42.5 Å². The van der Waals surface area contributed by atoms with Crippen LogP contribution in [-0.4, -0.2) is 23.9 Å². The topological polar surface area (TPSA) is 83.6 Å². The summed E-state index contributed by atoms with van der Waals surface area (Å²) < 4.78 is 55.4. The zero-order chi connectivity index (χ0) is 22.1. The predicted molar refractivity (Wildman–Crippen MR) is 123 cm³/mol. The highest BCUT2D eigenvalue weighted by atomic mass is 32.2. The lowest BCUT2D eigenvalue weighted by Crippen LogP contribution is -2.26. The first-order valence-corrected chi connectivity index (χ1v) is 12.4. The molecule has 0 aliphatic heterocycles. The van der Waals surface area contributed by atoms with Gasteiger partial charge >= 0.3 is 0 Å². The molecule has 0 amide bonds. The van der Waals surface area contributed by atoms with Crippen molar-refractivity contribution in [1.29, 1.82) is 0 Å². The summed E-state index contributed by atoms with van der Waals surface area (Å²) in [4.78, 5) is 0.0819. The quantitative estimate of drug-likeness (QED) is 0.468. The molecule has 0 heterocycles. The summed E-state index contributed by atoms with van der Waals surface area (Å²) in [5.74, 6) is 0. The fourth-order valence-corrected chi connectivity index (χ4v) is 5.53. The van der Waals surface area contributed by atoms with Gasteiger partial charge in [0.25, 0.3) is 20.0 Å². The number of anilines is 2. The normalized spacial score (nSPS) is 11.9. The lowest BCUT2D eigenvalue weighted by Gasteiger charge is -2.20. The molecule has 0 saturated carbocycles. The number of para-hydroxylation sites is 1. The van der Waals surface area contributed by atoms with Crippen LogP contribution in [-0.2, 0) is 20.0 Å². The van der Waals surface area contributed by atoms with E-state index in [9.17, 15) is 16.8 Å². The summed E-state index contributed by atoms with van der Waals surface area (Å²) in [6.45, 7) is 0. The lowest BCUT2D eigenvalue weighted by atomic mass is 10.1. The third-order valence-corrected chi connectivity index (χ3v) is 8.06. The first-order valence-electron chi connectivity index (χ1n) is 9.43. The zero-order valence-electron chi connectivity index (χ0n) is 16.6. The molecule has 31 heavy (non-hydrogen) atoms. The molecule has 0 spiro atoms. The maximum atomic E-state index is 13.0. The molecule has 0 radical (unpaired) electrons. The number of hydrogen-bond acceptors (Lipinski definition) is 4. The molecule has 6 nitrogen and oxygen atoms in total. The summed E-state index contributed by atoms with van der Waals surface area (Å²) in [5, 5.41) is 1.73. The average molecular weight is 453 g/mol. The monoisotopic (exact) mass is 452 g/mol. The molecule has 158 valence electrons. The van der Waals surface area contributed by atoms with Gasteiger partial charge in [-0.05, 0) is 53.2 Å². The van der Waals surface area contributed by atoms with Gasteiger partial charge in [-0.3, -0.25) is 9.03 Å². The van der Waals surface area contributed by atoms with Crippen LogP contribution < -0.4 is 9.03 Å². The highest BCUT2D eigenvalue weighted by Crippen LogP contribution is 2.26. The smallest absolute Gasteiger partial charge is 0.264 e. The van der Waals surface area contributed by atoms with E-state index in [1.165, 1.54) is 37.4 Å². The van der Waals surface area contributed by atoms with Crippen LogP contribution in [0.25, 0.3) is 10.8 Å². The van der Waals surface area contributed by atoms with Gasteiger partial charge in [-0.1, -0.05) is 54.6 Å². The van der Waals surface area contributed by atoms with E-state index in [4.69, 9.17) is 0 Å². The number of rotatable bonds is 6. The van der Waals surface area contributed by atoms with Gasteiger partial charge < -0.3 is 0 Å². The summed E-state index contributed by atoms with van der Waals surface area (Å²) in [5.41, 5.74) is 0.667. The maximum absolute atomic E-state index is 13.0. The molecule has 0 aliphatic rings. The van der Waals surface area contributed by atoms with Crippen LogP contribution in [0.2, 0.25) is 0 Å². The van der Waals surface area contributed by atoms with Gasteiger partial charge in [0.1, 0.15) is 0 Å². The van der Waals surface area contributed by atoms with Crippen LogP contribution in [0.15, 0.2) is 107 Å². The van der Waals surface area contributed by atoms with Gasteiger partial charge in [0.15, 0.2) is 0 Å². The van der Waals surface area contributed by atoms with E-state index in [1.807, 2.05) is 24.3 Å². The molecular formula is C23H20N2O4S2. The fourth-order valence-electron chi connectivity index (χ4n) is 3.20. The van der Waals surface area contributed by atoms with Crippen LogP contribution >= 0.6 is 0 Å². The van der Waals surface area contributed by atoms with Crippen molar-refractivity contribution in [2.45, 2.75) is 9.79 Å². The molecular weight excluding hydrogens is 432 g/mol. The Bertz CT molecular complexity index is 1450. The first kappa shape index (κ1) is 20.9. The van der Waals surface area contributed by atoms with Crippen LogP contribution in [0.4, 0.5) is 11.4 Å². The highest BCUT2D eigenvalue weighted by molar-refractivity contribution is 7.93. The summed E-state index contributed by atoms with van der Waals surface area (Å²) in [6, 6.07) is 26.7. The van der Waals surface area contributed by atoms with Crippen molar-refractivity contribution in [2.24, 2.45) is 0 Å². The second-order valence-corrected chi connectivity index (χ2v) is 10.6. The van der Waals surface area contributed by atoms with Crippen molar-refractivity contribution in [3.63, 3.8) is 0 Å². The number of nitrogens with one attached hydrogen (secondary N) is 1. The SMILES string of the molecule is CN(c1ccccc1)S(=O)(=O)c1cccc(NS(=O)(=O)c2ccc3ccccc3c2)c1. The summed E-state index contributed by atoms with van der Waals surface area (Å²) in [6.07, 6.45) is 0. The Hall–Kier alpha value is -3.36. The van der Waals surface area contributed by atoms with Gasteiger partial charge in [-0.2, -0.15) is 0 Å². The lowest BCUT2D eigenvalue weighted by molar-refractivity contribution is 0.593. The number of nitrogens with zero attached hydrogens (tertiary/aromatic N) is 1. The fraction of sp³-hybridized carbons (Fsp3) is 0.0435. The number of fused-ring (bicyclic) bond motifs is 1. The van der Waals surface area contributed by atoms with Crippen molar-refractivity contribution >= 4 is 42.2 Å². The van der Waals surface area contributed by atoms with Crippen molar-refractivity contribution in [3.8, 4) is 0 Å². The minimum absolute atomic E-state index is 0.0161. The van der Waals surface area contributed by atoms with Crippen molar-refractivity contribution in [3.05, 3.63) is 97.1 Å². The van der Waals surface area contributed by atoms with Gasteiger partial charge in [-0.15, -0.1) is 0 Å². The molecule has 4 rings (SSSR count). The number of sulfonamides is 2. The Balaban J connectivity index is 1.64. The summed E-state index contributed by atoms with van der Waals surface area (Å²) >= 11 is 0. The Kier molecular flexibility index (Phi) is 5.43. The average Bonchev–Trinajstić information content (AvgIpc) is 2.78. The minimum atomic E-state index is -3.90. The molecule has 0 bridgehead atoms. The largest absolute Gasteiger partial charge is 0.280 e. The Morgan fingerprint density at radius 2 is 1.32 bits per heavy atom. The molecule has 4 aromatic carbocycles. The van der Waals surface area contributed by atoms with Crippen molar-refractivity contribution < 1.29 is 16.8 Å². The molecule has 0 fully saturated rings. The number of benzene rings is 4. The third-order valence-electron chi connectivity index (χ3n) is 4.90. The van der Waals surface area contributed by atoms with Crippen LogP contribution in [0.5, 0.6) is 0 Å². The Labute approximate surface area is 181 Å². The molecule has 0 saturated heterocycles. The van der Waals surface area contributed by atoms with Crippen molar-refractivity contribution in [2.75, 3.05) is 16.1 Å². The van der Waals surface area contributed by atoms with Crippen LogP contribution in [0.1, 0.15) is 0 Å². The van der Waals surface area contributed by atoms with E-state index in [-0.39, 0.29) is 15.5 Å². The second kappa shape index (κ2) is 8.05. The number of hydrogen-bond donors (Lipinski definition) is 1. The summed E-state index contributed by atoms with van der Waals surface area (Å²) in [7, 11) is -6.31. The van der Waals surface area contributed by atoms with Gasteiger partial charge in [0.2, 0.25) is 0 Å². The Morgan fingerprint density at radius 1 is 0.645 bits per heavy atom. The molecule has 0 atom stereocenters. The molecule has 0 unspecified atom stereocenters. The minimum Gasteiger partial charge on any atom is -0.280 e. The Morgan fingerprint density at radius 3 is 2.06 bits per heavy atom. The van der Waals surface area contributed by atoms with E-state index in [0.717, 1.165) is 15.1 Å². The van der Waals surface area contributed by atoms with Gasteiger partial charge in [0, 0.05) is 7.05 Å². The maximum Gasteiger partial charge on any atom is 0.264 e. The van der Waals surface area contributed by atoms with E-state index in [0.29, 0.717) is 5.69 Å². The molecule has 0 aromatic heterocycles. The molecule has 8 heteroatoms. The van der Waals surface area contributed by atoms with E-state index >= 15 is 0 Å². The highest BCUT2D eigenvalue weighted by Gasteiger charge is 2.22. The molecule has 4 aromatic rings. The van der Waals surface area contributed by atoms with Gasteiger partial charge in [-0.25, -0.2) is 16.8 Å². The first-order chi connectivity index (χ1) is 14.8. The molecule has 1 N–H and O–H groups in total. The zero-order valence-corrected chi connectivity index (χ0v) is 18.3. The van der Waals surface area contributed by atoms with E-state index < -0.39 is 20.0 Å². The molecule has 0 aliphatic carbocycles. The second-order valence-electron chi connectivity index (χ2n) is 6.95. The van der Waals surface area contributed by atoms with Crippen LogP contribution in [0.3, 0.4) is 0 Å². The van der Waals surface area contributed by atoms with Crippen LogP contribution in [0, 0.1) is 0 Å². The van der Waals surface area contributed by atoms with Crippen molar-refractivity contribution in [1.82, 2.24) is 0 Å². The van der Waals surface area contributed by atoms with Gasteiger partial charge in [0.05, 0.1) is 21.2 Å². The predicted octanol–water partition coefficient (Wildman–Crippen LogP) is 4.47. The third kappa shape index (κ3) is 4.26. The standard InChI is InChI=1S/C23H20N2O4S2/c1-25(21-11-3-2-4-12-21)31(28,29)23-13-7-10-20(17-23)24-30(26,27)22-15-14-18-8-5-6-9-19(18)16-22/h2-17,24H,1H3. The van der Waals surface area contributed by atoms with E-state index in [2.05, 4.69) is 4.72 Å².